The summed E-state index contributed by atoms with van der Waals surface area (Å²) < 4.78 is 26.8. The molecule has 1 aliphatic heterocycles. The van der Waals surface area contributed by atoms with Crippen LogP contribution in [0.4, 0.5) is 0 Å². The van der Waals surface area contributed by atoms with Gasteiger partial charge < -0.3 is 10.9 Å². The molecule has 2 rings (SSSR count). The van der Waals surface area contributed by atoms with Gasteiger partial charge >= 0.3 is 0 Å². The highest BCUT2D eigenvalue weighted by Gasteiger charge is 2.39. The number of nitrogens with two attached hydrogens (primary N) is 1. The van der Waals surface area contributed by atoms with E-state index in [-0.39, 0.29) is 10.7 Å². The normalized spacial score (nSPS) is 20.6. The molecule has 0 bridgehead atoms. The Kier molecular flexibility index (Phi) is 3.98. The van der Waals surface area contributed by atoms with Gasteiger partial charge in [0.15, 0.2) is 0 Å². The number of hydrogen-bond donors (Lipinski definition) is 3. The van der Waals surface area contributed by atoms with Crippen LogP contribution in [0.5, 0.6) is 0 Å². The molecule has 1 saturated heterocycles. The molecule has 9 heteroatoms. The lowest BCUT2D eigenvalue weighted by molar-refractivity contribution is 0.229. The number of aromatic amines is 1. The van der Waals surface area contributed by atoms with Crippen molar-refractivity contribution >= 4 is 15.9 Å². The SMILES string of the molecule is Cc1n[nH]c(C)c1S(=O)(=O)N1CCC(C)(C(N)=NO)CC1. The Morgan fingerprint density at radius 1 is 1.43 bits per heavy atom. The molecular formula is C12H21N5O3S. The van der Waals surface area contributed by atoms with Crippen molar-refractivity contribution in [3.8, 4) is 0 Å². The van der Waals surface area contributed by atoms with Gasteiger partial charge in [0.2, 0.25) is 10.0 Å². The van der Waals surface area contributed by atoms with Crippen molar-refractivity contribution in [2.45, 2.75) is 38.5 Å². The molecule has 0 saturated carbocycles. The maximum absolute atomic E-state index is 12.7. The molecule has 0 unspecified atom stereocenters. The fourth-order valence-electron chi connectivity index (χ4n) is 2.65. The molecule has 1 aromatic rings. The zero-order chi connectivity index (χ0) is 15.8. The number of aryl methyl sites for hydroxylation is 2. The number of nitrogens with zero attached hydrogens (tertiary/aromatic N) is 3. The lowest BCUT2D eigenvalue weighted by Gasteiger charge is -2.37. The standard InChI is InChI=1S/C12H21N5O3S/c1-8-10(9(2)15-14-8)21(19,20)17-6-4-12(3,5-7-17)11(13)16-18/h18H,4-7H2,1-3H3,(H2,13,16)(H,14,15). The minimum atomic E-state index is -3.57. The molecule has 21 heavy (non-hydrogen) atoms. The summed E-state index contributed by atoms with van der Waals surface area (Å²) in [5.74, 6) is 0.148. The molecule has 0 amide bonds. The average molecular weight is 315 g/mol. The number of H-pyrrole nitrogens is 1. The summed E-state index contributed by atoms with van der Waals surface area (Å²) in [6.07, 6.45) is 1.02. The summed E-state index contributed by atoms with van der Waals surface area (Å²) >= 11 is 0. The monoisotopic (exact) mass is 315 g/mol. The fourth-order valence-corrected chi connectivity index (χ4v) is 4.42. The van der Waals surface area contributed by atoms with Gasteiger partial charge in [0.05, 0.1) is 11.4 Å². The molecule has 4 N–H and O–H groups in total. The van der Waals surface area contributed by atoms with Crippen molar-refractivity contribution in [3.05, 3.63) is 11.4 Å². The number of sulfonamides is 1. The highest BCUT2D eigenvalue weighted by atomic mass is 32.2. The topological polar surface area (TPSA) is 125 Å². The van der Waals surface area contributed by atoms with Crippen LogP contribution in [0.3, 0.4) is 0 Å². The largest absolute Gasteiger partial charge is 0.409 e. The van der Waals surface area contributed by atoms with Crippen LogP contribution in [0, 0.1) is 19.3 Å². The van der Waals surface area contributed by atoms with E-state index < -0.39 is 15.4 Å². The minimum Gasteiger partial charge on any atom is -0.409 e. The third kappa shape index (κ3) is 2.62. The van der Waals surface area contributed by atoms with Crippen LogP contribution in [-0.2, 0) is 10.0 Å². The first-order valence-corrected chi connectivity index (χ1v) is 8.16. The highest BCUT2D eigenvalue weighted by molar-refractivity contribution is 7.89. The van der Waals surface area contributed by atoms with Gasteiger partial charge in [0.25, 0.3) is 0 Å². The molecule has 2 heterocycles. The maximum Gasteiger partial charge on any atom is 0.246 e. The van der Waals surface area contributed by atoms with Gasteiger partial charge in [0, 0.05) is 18.5 Å². The number of rotatable bonds is 3. The van der Waals surface area contributed by atoms with E-state index in [4.69, 9.17) is 10.9 Å². The number of piperidine rings is 1. The van der Waals surface area contributed by atoms with E-state index in [2.05, 4.69) is 15.4 Å². The summed E-state index contributed by atoms with van der Waals surface area (Å²) in [4.78, 5) is 0.245. The Balaban J connectivity index is 2.23. The molecular weight excluding hydrogens is 294 g/mol. The first kappa shape index (κ1) is 15.8. The van der Waals surface area contributed by atoms with Crippen molar-refractivity contribution in [1.29, 1.82) is 0 Å². The Morgan fingerprint density at radius 2 is 2.00 bits per heavy atom. The van der Waals surface area contributed by atoms with Gasteiger partial charge in [0.1, 0.15) is 10.7 Å². The second-order valence-corrected chi connectivity index (χ2v) is 7.59. The van der Waals surface area contributed by atoms with E-state index >= 15 is 0 Å². The molecule has 1 aromatic heterocycles. The number of nitrogens with one attached hydrogen (secondary N) is 1. The summed E-state index contributed by atoms with van der Waals surface area (Å²) in [5, 5.41) is 18.5. The minimum absolute atomic E-state index is 0.148. The Labute approximate surface area is 124 Å². The lowest BCUT2D eigenvalue weighted by Crippen LogP contribution is -2.47. The van der Waals surface area contributed by atoms with E-state index in [1.807, 2.05) is 6.92 Å². The van der Waals surface area contributed by atoms with E-state index in [9.17, 15) is 8.42 Å². The van der Waals surface area contributed by atoms with Crippen molar-refractivity contribution in [2.24, 2.45) is 16.3 Å². The van der Waals surface area contributed by atoms with E-state index in [0.717, 1.165) is 0 Å². The van der Waals surface area contributed by atoms with Gasteiger partial charge in [-0.15, -0.1) is 0 Å². The van der Waals surface area contributed by atoms with E-state index in [1.165, 1.54) is 4.31 Å². The van der Waals surface area contributed by atoms with Crippen molar-refractivity contribution in [2.75, 3.05) is 13.1 Å². The quantitative estimate of drug-likeness (QED) is 0.325. The van der Waals surface area contributed by atoms with Gasteiger partial charge in [-0.2, -0.15) is 9.40 Å². The summed E-state index contributed by atoms with van der Waals surface area (Å²) in [7, 11) is -3.57. The highest BCUT2D eigenvalue weighted by Crippen LogP contribution is 2.34. The van der Waals surface area contributed by atoms with Crippen molar-refractivity contribution in [3.63, 3.8) is 0 Å². The maximum atomic E-state index is 12.7. The van der Waals surface area contributed by atoms with Crippen molar-refractivity contribution < 1.29 is 13.6 Å². The number of amidine groups is 1. The molecule has 0 radical (unpaired) electrons. The van der Waals surface area contributed by atoms with Crippen molar-refractivity contribution in [1.82, 2.24) is 14.5 Å². The van der Waals surface area contributed by atoms with Crippen LogP contribution < -0.4 is 5.73 Å². The second kappa shape index (κ2) is 5.30. The average Bonchev–Trinajstić information content (AvgIpc) is 2.78. The van der Waals surface area contributed by atoms with Gasteiger partial charge in [-0.05, 0) is 26.7 Å². The van der Waals surface area contributed by atoms with E-state index in [0.29, 0.717) is 37.3 Å². The van der Waals surface area contributed by atoms with Crippen LogP contribution in [-0.4, -0.2) is 47.1 Å². The van der Waals surface area contributed by atoms with Crippen LogP contribution in [0.15, 0.2) is 10.1 Å². The fraction of sp³-hybridized carbons (Fsp3) is 0.667. The molecule has 0 aliphatic carbocycles. The van der Waals surface area contributed by atoms with Crippen LogP contribution in [0.2, 0.25) is 0 Å². The number of hydrogen-bond acceptors (Lipinski definition) is 5. The molecule has 0 atom stereocenters. The smallest absolute Gasteiger partial charge is 0.246 e. The molecule has 8 nitrogen and oxygen atoms in total. The first-order valence-electron chi connectivity index (χ1n) is 6.72. The lowest BCUT2D eigenvalue weighted by atomic mass is 9.80. The number of oxime groups is 1. The molecule has 0 spiro atoms. The second-order valence-electron chi connectivity index (χ2n) is 5.71. The molecule has 1 fully saturated rings. The van der Waals surface area contributed by atoms with Gasteiger partial charge in [-0.3, -0.25) is 5.10 Å². The van der Waals surface area contributed by atoms with Crippen LogP contribution >= 0.6 is 0 Å². The zero-order valence-corrected chi connectivity index (χ0v) is 13.2. The predicted octanol–water partition coefficient (Wildman–Crippen LogP) is 0.564. The third-order valence-electron chi connectivity index (χ3n) is 4.21. The van der Waals surface area contributed by atoms with Crippen LogP contribution in [0.25, 0.3) is 0 Å². The van der Waals surface area contributed by atoms with Gasteiger partial charge in [-0.25, -0.2) is 8.42 Å². The Hall–Kier alpha value is -1.61. The summed E-state index contributed by atoms with van der Waals surface area (Å²) in [5.41, 5.74) is 6.23. The third-order valence-corrected chi connectivity index (χ3v) is 6.37. The first-order chi connectivity index (χ1) is 9.72. The van der Waals surface area contributed by atoms with E-state index in [1.54, 1.807) is 13.8 Å². The van der Waals surface area contributed by atoms with Crippen LogP contribution in [0.1, 0.15) is 31.2 Å². The molecule has 0 aromatic carbocycles. The predicted molar refractivity (Wildman–Crippen MR) is 77.6 cm³/mol. The Bertz CT molecular complexity index is 637. The number of aromatic nitrogens is 2. The Morgan fingerprint density at radius 3 is 2.43 bits per heavy atom. The molecule has 1 aliphatic rings. The zero-order valence-electron chi connectivity index (χ0n) is 12.4. The molecule has 118 valence electrons. The summed E-state index contributed by atoms with van der Waals surface area (Å²) in [6.45, 7) is 5.90. The summed E-state index contributed by atoms with van der Waals surface area (Å²) in [6, 6.07) is 0. The van der Waals surface area contributed by atoms with Gasteiger partial charge in [-0.1, -0.05) is 12.1 Å².